The van der Waals surface area contributed by atoms with Gasteiger partial charge in [0.15, 0.2) is 0 Å². The van der Waals surface area contributed by atoms with Crippen LogP contribution in [0.3, 0.4) is 0 Å². The van der Waals surface area contributed by atoms with Crippen LogP contribution in [0.15, 0.2) is 0 Å². The molecule has 1 amide bonds. The Kier molecular flexibility index (Phi) is 3.17. The van der Waals surface area contributed by atoms with Gasteiger partial charge in [-0.1, -0.05) is 19.3 Å². The van der Waals surface area contributed by atoms with Gasteiger partial charge in [-0.3, -0.25) is 9.59 Å². The van der Waals surface area contributed by atoms with Crippen LogP contribution < -0.4 is 0 Å². The SMILES string of the molecule is CN(CCC1CCC1)C(=O)C1CC1C(=O)O. The van der Waals surface area contributed by atoms with Crippen molar-refractivity contribution in [3.05, 3.63) is 0 Å². The second-order valence-electron chi connectivity index (χ2n) is 5.13. The van der Waals surface area contributed by atoms with E-state index < -0.39 is 11.9 Å². The Morgan fingerprint density at radius 3 is 2.44 bits per heavy atom. The Balaban J connectivity index is 1.70. The molecular formula is C12H19NO3. The molecule has 1 N–H and O–H groups in total. The van der Waals surface area contributed by atoms with E-state index in [0.717, 1.165) is 18.9 Å². The molecule has 0 aromatic rings. The lowest BCUT2D eigenvalue weighted by Crippen LogP contribution is -2.32. The average Bonchev–Trinajstić information content (AvgIpc) is 2.93. The first kappa shape index (κ1) is 11.4. The van der Waals surface area contributed by atoms with Gasteiger partial charge in [-0.15, -0.1) is 0 Å². The first-order valence-electron chi connectivity index (χ1n) is 6.07. The largest absolute Gasteiger partial charge is 0.481 e. The van der Waals surface area contributed by atoms with E-state index in [1.807, 2.05) is 0 Å². The smallest absolute Gasteiger partial charge is 0.307 e. The van der Waals surface area contributed by atoms with Crippen LogP contribution in [0, 0.1) is 17.8 Å². The number of hydrogen-bond donors (Lipinski definition) is 1. The third-order valence-corrected chi connectivity index (χ3v) is 3.90. The van der Waals surface area contributed by atoms with Crippen molar-refractivity contribution < 1.29 is 14.7 Å². The molecule has 0 saturated heterocycles. The number of aliphatic carboxylic acids is 1. The van der Waals surface area contributed by atoms with Crippen molar-refractivity contribution in [1.82, 2.24) is 4.90 Å². The van der Waals surface area contributed by atoms with Crippen LogP contribution in [0.25, 0.3) is 0 Å². The quantitative estimate of drug-likeness (QED) is 0.768. The summed E-state index contributed by atoms with van der Waals surface area (Å²) in [6.45, 7) is 0.784. The minimum absolute atomic E-state index is 0.0201. The summed E-state index contributed by atoms with van der Waals surface area (Å²) in [6.07, 6.45) is 5.52. The predicted molar refractivity (Wildman–Crippen MR) is 58.8 cm³/mol. The van der Waals surface area contributed by atoms with Gasteiger partial charge in [0, 0.05) is 13.6 Å². The first-order valence-corrected chi connectivity index (χ1v) is 6.07. The Hall–Kier alpha value is -1.06. The molecule has 0 radical (unpaired) electrons. The van der Waals surface area contributed by atoms with Gasteiger partial charge >= 0.3 is 5.97 Å². The maximum Gasteiger partial charge on any atom is 0.307 e. The number of carbonyl (C=O) groups excluding carboxylic acids is 1. The molecule has 0 bridgehead atoms. The lowest BCUT2D eigenvalue weighted by atomic mass is 9.83. The molecule has 2 unspecified atom stereocenters. The molecule has 4 nitrogen and oxygen atoms in total. The van der Waals surface area contributed by atoms with E-state index in [9.17, 15) is 9.59 Å². The van der Waals surface area contributed by atoms with Gasteiger partial charge in [-0.05, 0) is 18.8 Å². The molecule has 90 valence electrons. The van der Waals surface area contributed by atoms with E-state index in [0.29, 0.717) is 6.42 Å². The molecule has 0 aromatic carbocycles. The van der Waals surface area contributed by atoms with E-state index >= 15 is 0 Å². The van der Waals surface area contributed by atoms with Crippen molar-refractivity contribution in [2.24, 2.45) is 17.8 Å². The number of nitrogens with zero attached hydrogens (tertiary/aromatic N) is 1. The summed E-state index contributed by atoms with van der Waals surface area (Å²) in [7, 11) is 1.79. The molecule has 0 aliphatic heterocycles. The van der Waals surface area contributed by atoms with Crippen molar-refractivity contribution in [2.45, 2.75) is 32.1 Å². The molecule has 2 fully saturated rings. The Bertz CT molecular complexity index is 299. The van der Waals surface area contributed by atoms with Crippen LogP contribution in [0.2, 0.25) is 0 Å². The molecule has 2 aliphatic rings. The summed E-state index contributed by atoms with van der Waals surface area (Å²) in [5.41, 5.74) is 0. The Morgan fingerprint density at radius 2 is 2.00 bits per heavy atom. The minimum atomic E-state index is -0.828. The van der Waals surface area contributed by atoms with Crippen LogP contribution in [0.4, 0.5) is 0 Å². The summed E-state index contributed by atoms with van der Waals surface area (Å²) < 4.78 is 0. The molecule has 4 heteroatoms. The van der Waals surface area contributed by atoms with Gasteiger partial charge in [-0.2, -0.15) is 0 Å². The zero-order chi connectivity index (χ0) is 11.7. The van der Waals surface area contributed by atoms with Gasteiger partial charge < -0.3 is 10.0 Å². The highest BCUT2D eigenvalue weighted by Gasteiger charge is 2.49. The Morgan fingerprint density at radius 1 is 1.31 bits per heavy atom. The lowest BCUT2D eigenvalue weighted by molar-refractivity contribution is -0.141. The van der Waals surface area contributed by atoms with Gasteiger partial charge in [0.25, 0.3) is 0 Å². The van der Waals surface area contributed by atoms with Crippen molar-refractivity contribution in [3.8, 4) is 0 Å². The molecule has 16 heavy (non-hydrogen) atoms. The topological polar surface area (TPSA) is 57.6 Å². The number of carboxylic acid groups (broad SMARTS) is 1. The minimum Gasteiger partial charge on any atom is -0.481 e. The highest BCUT2D eigenvalue weighted by atomic mass is 16.4. The van der Waals surface area contributed by atoms with Crippen molar-refractivity contribution in [1.29, 1.82) is 0 Å². The Labute approximate surface area is 95.6 Å². The monoisotopic (exact) mass is 225 g/mol. The van der Waals surface area contributed by atoms with Crippen molar-refractivity contribution >= 4 is 11.9 Å². The lowest BCUT2D eigenvalue weighted by Gasteiger charge is -2.27. The van der Waals surface area contributed by atoms with Crippen LogP contribution in [-0.2, 0) is 9.59 Å². The average molecular weight is 225 g/mol. The highest BCUT2D eigenvalue weighted by molar-refractivity contribution is 5.89. The number of amides is 1. The molecule has 2 atom stereocenters. The molecule has 0 spiro atoms. The fourth-order valence-electron chi connectivity index (χ4n) is 2.29. The standard InChI is InChI=1S/C12H19NO3/c1-13(6-5-8-3-2-4-8)11(14)9-7-10(9)12(15)16/h8-10H,2-7H2,1H3,(H,15,16). The van der Waals surface area contributed by atoms with E-state index in [1.165, 1.54) is 19.3 Å². The van der Waals surface area contributed by atoms with Crippen LogP contribution in [0.5, 0.6) is 0 Å². The molecule has 0 heterocycles. The maximum absolute atomic E-state index is 11.8. The fourth-order valence-corrected chi connectivity index (χ4v) is 2.29. The fraction of sp³-hybridized carbons (Fsp3) is 0.833. The van der Waals surface area contributed by atoms with Crippen LogP contribution in [0.1, 0.15) is 32.1 Å². The molecule has 2 aliphatic carbocycles. The molecule has 2 saturated carbocycles. The summed E-state index contributed by atoms with van der Waals surface area (Å²) in [5.74, 6) is -0.676. The van der Waals surface area contributed by atoms with E-state index in [2.05, 4.69) is 0 Å². The van der Waals surface area contributed by atoms with Crippen molar-refractivity contribution in [3.63, 3.8) is 0 Å². The van der Waals surface area contributed by atoms with Gasteiger partial charge in [-0.25, -0.2) is 0 Å². The third kappa shape index (κ3) is 2.36. The van der Waals surface area contributed by atoms with Crippen LogP contribution in [-0.4, -0.2) is 35.5 Å². The first-order chi connectivity index (χ1) is 7.59. The van der Waals surface area contributed by atoms with Gasteiger partial charge in [0.2, 0.25) is 5.91 Å². The third-order valence-electron chi connectivity index (χ3n) is 3.90. The molecule has 0 aromatic heterocycles. The number of carboxylic acids is 1. The van der Waals surface area contributed by atoms with Gasteiger partial charge in [0.1, 0.15) is 0 Å². The number of carbonyl (C=O) groups is 2. The summed E-state index contributed by atoms with van der Waals surface area (Å²) in [5, 5.41) is 8.75. The molecular weight excluding hydrogens is 206 g/mol. The van der Waals surface area contributed by atoms with E-state index in [4.69, 9.17) is 5.11 Å². The van der Waals surface area contributed by atoms with E-state index in [1.54, 1.807) is 11.9 Å². The maximum atomic E-state index is 11.8. The van der Waals surface area contributed by atoms with Crippen molar-refractivity contribution in [2.75, 3.05) is 13.6 Å². The number of rotatable bonds is 5. The zero-order valence-electron chi connectivity index (χ0n) is 9.69. The summed E-state index contributed by atoms with van der Waals surface area (Å²) in [4.78, 5) is 24.2. The van der Waals surface area contributed by atoms with Gasteiger partial charge in [0.05, 0.1) is 11.8 Å². The second-order valence-corrected chi connectivity index (χ2v) is 5.13. The normalized spacial score (nSPS) is 28.3. The number of hydrogen-bond acceptors (Lipinski definition) is 2. The highest BCUT2D eigenvalue weighted by Crippen LogP contribution is 2.40. The second kappa shape index (κ2) is 4.44. The predicted octanol–water partition coefficient (Wildman–Crippen LogP) is 1.36. The summed E-state index contributed by atoms with van der Waals surface area (Å²) in [6, 6.07) is 0. The van der Waals surface area contributed by atoms with E-state index in [-0.39, 0.29) is 11.8 Å². The zero-order valence-corrected chi connectivity index (χ0v) is 9.69. The molecule has 2 rings (SSSR count). The van der Waals surface area contributed by atoms with Crippen LogP contribution >= 0.6 is 0 Å². The summed E-state index contributed by atoms with van der Waals surface area (Å²) >= 11 is 0.